The molecular formula is C11H14O3. The molecule has 0 fully saturated rings. The summed E-state index contributed by atoms with van der Waals surface area (Å²) in [5.41, 5.74) is 1.66. The summed E-state index contributed by atoms with van der Waals surface area (Å²) in [6.45, 7) is 3.67. The summed E-state index contributed by atoms with van der Waals surface area (Å²) in [4.78, 5) is 10.5. The second-order valence-electron chi connectivity index (χ2n) is 3.56. The fourth-order valence-corrected chi connectivity index (χ4v) is 1.44. The first kappa shape index (κ1) is 10.6. The number of aromatic hydroxyl groups is 1. The van der Waals surface area contributed by atoms with E-state index in [4.69, 9.17) is 5.11 Å². The minimum Gasteiger partial charge on any atom is -0.508 e. The van der Waals surface area contributed by atoms with Gasteiger partial charge in [0.05, 0.1) is 6.42 Å². The Labute approximate surface area is 83.0 Å². The summed E-state index contributed by atoms with van der Waals surface area (Å²) in [7, 11) is 0. The summed E-state index contributed by atoms with van der Waals surface area (Å²) < 4.78 is 0. The highest BCUT2D eigenvalue weighted by Gasteiger charge is 2.13. The molecule has 0 aliphatic heterocycles. The first-order valence-electron chi connectivity index (χ1n) is 4.52. The molecule has 0 bridgehead atoms. The molecule has 0 saturated carbocycles. The van der Waals surface area contributed by atoms with Crippen LogP contribution in [0.15, 0.2) is 18.2 Å². The van der Waals surface area contributed by atoms with E-state index in [2.05, 4.69) is 0 Å². The Hall–Kier alpha value is -1.51. The summed E-state index contributed by atoms with van der Waals surface area (Å²) in [6, 6.07) is 5.29. The van der Waals surface area contributed by atoms with Crippen molar-refractivity contribution in [3.8, 4) is 5.75 Å². The van der Waals surface area contributed by atoms with Gasteiger partial charge in [0.1, 0.15) is 5.75 Å². The van der Waals surface area contributed by atoms with Gasteiger partial charge in [0.15, 0.2) is 0 Å². The minimum absolute atomic E-state index is 0.0383. The molecule has 0 aliphatic carbocycles. The number of aliphatic carboxylic acids is 1. The molecule has 1 atom stereocenters. The van der Waals surface area contributed by atoms with Crippen LogP contribution in [0, 0.1) is 6.92 Å². The number of benzene rings is 1. The highest BCUT2D eigenvalue weighted by molar-refractivity contribution is 5.68. The van der Waals surface area contributed by atoms with Gasteiger partial charge in [-0.1, -0.05) is 19.1 Å². The number of carboxylic acids is 1. The van der Waals surface area contributed by atoms with Crippen molar-refractivity contribution < 1.29 is 15.0 Å². The zero-order valence-electron chi connectivity index (χ0n) is 8.32. The third kappa shape index (κ3) is 2.49. The Morgan fingerprint density at radius 1 is 1.50 bits per heavy atom. The van der Waals surface area contributed by atoms with Crippen molar-refractivity contribution in [1.29, 1.82) is 0 Å². The summed E-state index contributed by atoms with van der Waals surface area (Å²) in [5, 5.41) is 18.2. The maximum absolute atomic E-state index is 10.5. The number of phenolic OH excluding ortho intramolecular Hbond substituents is 1. The molecule has 0 heterocycles. The number of hydrogen-bond donors (Lipinski definition) is 2. The van der Waals surface area contributed by atoms with Gasteiger partial charge in [-0.2, -0.15) is 0 Å². The van der Waals surface area contributed by atoms with E-state index in [0.717, 1.165) is 5.56 Å². The second kappa shape index (κ2) is 4.13. The van der Waals surface area contributed by atoms with Gasteiger partial charge in [0.25, 0.3) is 0 Å². The van der Waals surface area contributed by atoms with Crippen LogP contribution in [-0.2, 0) is 4.79 Å². The van der Waals surface area contributed by atoms with Gasteiger partial charge in [-0.3, -0.25) is 4.79 Å². The largest absolute Gasteiger partial charge is 0.508 e. The molecular weight excluding hydrogens is 180 g/mol. The van der Waals surface area contributed by atoms with Crippen LogP contribution in [0.25, 0.3) is 0 Å². The predicted octanol–water partition coefficient (Wildman–Crippen LogP) is 2.28. The molecule has 0 saturated heterocycles. The average Bonchev–Trinajstić information content (AvgIpc) is 2.01. The van der Waals surface area contributed by atoms with Crippen LogP contribution >= 0.6 is 0 Å². The van der Waals surface area contributed by atoms with Crippen LogP contribution in [0.3, 0.4) is 0 Å². The Morgan fingerprint density at radius 3 is 2.64 bits per heavy atom. The van der Waals surface area contributed by atoms with Gasteiger partial charge in [0.2, 0.25) is 0 Å². The lowest BCUT2D eigenvalue weighted by Crippen LogP contribution is -2.03. The van der Waals surface area contributed by atoms with E-state index in [1.807, 2.05) is 13.0 Å². The maximum Gasteiger partial charge on any atom is 0.303 e. The standard InChI is InChI=1S/C11H14O3/c1-7-3-4-9(10(12)5-7)8(2)6-11(13)14/h3-5,8,12H,6H2,1-2H3,(H,13,14)/t8-/m1/s1. The van der Waals surface area contributed by atoms with E-state index < -0.39 is 5.97 Å². The van der Waals surface area contributed by atoms with Gasteiger partial charge in [-0.25, -0.2) is 0 Å². The molecule has 1 aromatic carbocycles. The van der Waals surface area contributed by atoms with Gasteiger partial charge in [0, 0.05) is 0 Å². The molecule has 3 heteroatoms. The van der Waals surface area contributed by atoms with E-state index in [9.17, 15) is 9.90 Å². The lowest BCUT2D eigenvalue weighted by molar-refractivity contribution is -0.137. The van der Waals surface area contributed by atoms with Crippen molar-refractivity contribution >= 4 is 5.97 Å². The van der Waals surface area contributed by atoms with Crippen LogP contribution in [-0.4, -0.2) is 16.2 Å². The van der Waals surface area contributed by atoms with Crippen LogP contribution in [0.2, 0.25) is 0 Å². The Morgan fingerprint density at radius 2 is 2.14 bits per heavy atom. The quantitative estimate of drug-likeness (QED) is 0.776. The lowest BCUT2D eigenvalue weighted by atomic mass is 9.96. The average molecular weight is 194 g/mol. The Balaban J connectivity index is 2.90. The fourth-order valence-electron chi connectivity index (χ4n) is 1.44. The van der Waals surface area contributed by atoms with Crippen molar-refractivity contribution in [2.45, 2.75) is 26.2 Å². The number of phenols is 1. The first-order valence-corrected chi connectivity index (χ1v) is 4.52. The summed E-state index contributed by atoms with van der Waals surface area (Å²) in [5.74, 6) is -0.829. The van der Waals surface area contributed by atoms with Crippen molar-refractivity contribution in [3.63, 3.8) is 0 Å². The van der Waals surface area contributed by atoms with E-state index in [0.29, 0.717) is 5.56 Å². The normalized spacial score (nSPS) is 12.4. The maximum atomic E-state index is 10.5. The number of carbonyl (C=O) groups is 1. The van der Waals surface area contributed by atoms with Crippen molar-refractivity contribution in [2.75, 3.05) is 0 Å². The number of hydrogen-bond acceptors (Lipinski definition) is 2. The molecule has 0 aromatic heterocycles. The van der Waals surface area contributed by atoms with Crippen LogP contribution < -0.4 is 0 Å². The molecule has 0 radical (unpaired) electrons. The van der Waals surface area contributed by atoms with Gasteiger partial charge in [-0.05, 0) is 30.0 Å². The zero-order chi connectivity index (χ0) is 10.7. The van der Waals surface area contributed by atoms with Crippen LogP contribution in [0.5, 0.6) is 5.75 Å². The topological polar surface area (TPSA) is 57.5 Å². The third-order valence-corrected chi connectivity index (χ3v) is 2.20. The summed E-state index contributed by atoms with van der Waals surface area (Å²) >= 11 is 0. The molecule has 1 aromatic rings. The predicted molar refractivity (Wildman–Crippen MR) is 53.5 cm³/mol. The molecule has 76 valence electrons. The molecule has 3 nitrogen and oxygen atoms in total. The molecule has 0 spiro atoms. The molecule has 0 amide bonds. The highest BCUT2D eigenvalue weighted by atomic mass is 16.4. The number of rotatable bonds is 3. The second-order valence-corrected chi connectivity index (χ2v) is 3.56. The SMILES string of the molecule is Cc1ccc([C@H](C)CC(=O)O)c(O)c1. The Bertz CT molecular complexity index is 344. The highest BCUT2D eigenvalue weighted by Crippen LogP contribution is 2.28. The molecule has 14 heavy (non-hydrogen) atoms. The van der Waals surface area contributed by atoms with Gasteiger partial charge in [-0.15, -0.1) is 0 Å². The fraction of sp³-hybridized carbons (Fsp3) is 0.364. The van der Waals surface area contributed by atoms with Crippen LogP contribution in [0.1, 0.15) is 30.4 Å². The number of aryl methyl sites for hydroxylation is 1. The lowest BCUT2D eigenvalue weighted by Gasteiger charge is -2.11. The molecule has 0 aliphatic rings. The smallest absolute Gasteiger partial charge is 0.303 e. The summed E-state index contributed by atoms with van der Waals surface area (Å²) in [6.07, 6.45) is 0.0383. The van der Waals surface area contributed by atoms with Crippen molar-refractivity contribution in [1.82, 2.24) is 0 Å². The van der Waals surface area contributed by atoms with E-state index >= 15 is 0 Å². The van der Waals surface area contributed by atoms with Gasteiger partial charge >= 0.3 is 5.97 Å². The van der Waals surface area contributed by atoms with Gasteiger partial charge < -0.3 is 10.2 Å². The minimum atomic E-state index is -0.850. The first-order chi connectivity index (χ1) is 6.50. The van der Waals surface area contributed by atoms with E-state index in [1.54, 1.807) is 19.1 Å². The van der Waals surface area contributed by atoms with Crippen LogP contribution in [0.4, 0.5) is 0 Å². The van der Waals surface area contributed by atoms with Crippen molar-refractivity contribution in [3.05, 3.63) is 29.3 Å². The third-order valence-electron chi connectivity index (χ3n) is 2.20. The monoisotopic (exact) mass is 194 g/mol. The molecule has 0 unspecified atom stereocenters. The number of carboxylic acid groups (broad SMARTS) is 1. The Kier molecular flexibility index (Phi) is 3.12. The zero-order valence-corrected chi connectivity index (χ0v) is 8.32. The van der Waals surface area contributed by atoms with E-state index in [1.165, 1.54) is 0 Å². The molecule has 2 N–H and O–H groups in total. The van der Waals surface area contributed by atoms with Crippen molar-refractivity contribution in [2.24, 2.45) is 0 Å². The van der Waals surface area contributed by atoms with E-state index in [-0.39, 0.29) is 18.1 Å². The molecule has 1 rings (SSSR count).